The quantitative estimate of drug-likeness (QED) is 0.189. The summed E-state index contributed by atoms with van der Waals surface area (Å²) in [5.41, 5.74) is 7.08. The molecule has 2 aromatic heterocycles. The molecular formula is C39H53N7O3. The first-order valence-electron chi connectivity index (χ1n) is 18.0. The molecule has 1 aromatic carbocycles. The number of pyridine rings is 1. The summed E-state index contributed by atoms with van der Waals surface area (Å²) in [6, 6.07) is 10.7. The van der Waals surface area contributed by atoms with Gasteiger partial charge < -0.3 is 15.0 Å². The van der Waals surface area contributed by atoms with E-state index in [2.05, 4.69) is 95.1 Å². The molecule has 262 valence electrons. The topological polar surface area (TPSA) is 116 Å². The molecule has 3 aliphatic heterocycles. The van der Waals surface area contributed by atoms with E-state index in [0.717, 1.165) is 68.0 Å². The predicted molar refractivity (Wildman–Crippen MR) is 193 cm³/mol. The number of ketones is 1. The first kappa shape index (κ1) is 34.8. The number of carbonyl (C=O) groups excluding carboxylic acids is 2. The molecule has 3 aliphatic rings. The fourth-order valence-corrected chi connectivity index (χ4v) is 8.23. The third-order valence-corrected chi connectivity index (χ3v) is 10.6. The zero-order valence-corrected chi connectivity index (χ0v) is 30.3. The summed E-state index contributed by atoms with van der Waals surface area (Å²) in [6.45, 7) is 18.3. The predicted octanol–water partition coefficient (Wildman–Crippen LogP) is 6.40. The van der Waals surface area contributed by atoms with Gasteiger partial charge in [0.1, 0.15) is 0 Å². The number of aryl methyl sites for hydroxylation is 2. The van der Waals surface area contributed by atoms with E-state index in [0.29, 0.717) is 36.5 Å². The van der Waals surface area contributed by atoms with Crippen LogP contribution in [-0.2, 0) is 16.0 Å². The Labute approximate surface area is 291 Å². The van der Waals surface area contributed by atoms with E-state index in [4.69, 9.17) is 9.84 Å². The molecule has 0 radical (unpaired) electrons. The number of nitrogens with zero attached hydrogens (tertiary/aromatic N) is 5. The van der Waals surface area contributed by atoms with E-state index in [1.54, 1.807) is 0 Å². The molecule has 2 bridgehead atoms. The summed E-state index contributed by atoms with van der Waals surface area (Å²) in [6.07, 6.45) is 6.52. The molecule has 2 N–H and O–H groups in total. The summed E-state index contributed by atoms with van der Waals surface area (Å²) in [4.78, 5) is 40.1. The molecule has 49 heavy (non-hydrogen) atoms. The second-order valence-electron chi connectivity index (χ2n) is 15.4. The molecule has 3 atom stereocenters. The van der Waals surface area contributed by atoms with Gasteiger partial charge in [-0.25, -0.2) is 4.79 Å². The van der Waals surface area contributed by atoms with Crippen LogP contribution in [0.3, 0.4) is 0 Å². The number of nitrogens with one attached hydrogen (secondary N) is 2. The number of aliphatic imine (C=N–C) groups is 1. The van der Waals surface area contributed by atoms with Crippen molar-refractivity contribution in [2.45, 2.75) is 98.1 Å². The number of piperidine rings is 1. The van der Waals surface area contributed by atoms with Crippen molar-refractivity contribution in [2.24, 2.45) is 16.3 Å². The fourth-order valence-electron chi connectivity index (χ4n) is 8.23. The maximum absolute atomic E-state index is 14.1. The molecule has 0 saturated carbocycles. The highest BCUT2D eigenvalue weighted by Crippen LogP contribution is 2.41. The van der Waals surface area contributed by atoms with E-state index in [1.165, 1.54) is 16.7 Å². The zero-order valence-electron chi connectivity index (χ0n) is 30.3. The van der Waals surface area contributed by atoms with Gasteiger partial charge in [-0.2, -0.15) is 5.10 Å². The lowest BCUT2D eigenvalue weighted by molar-refractivity contribution is -0.131. The zero-order chi connectivity index (χ0) is 34.9. The Morgan fingerprint density at radius 3 is 2.37 bits per heavy atom. The van der Waals surface area contributed by atoms with Gasteiger partial charge in [-0.15, -0.1) is 4.99 Å². The Morgan fingerprint density at radius 1 is 1.04 bits per heavy atom. The Bertz CT molecular complexity index is 1640. The monoisotopic (exact) mass is 667 g/mol. The number of likely N-dealkylation sites (tertiary alicyclic amines) is 1. The van der Waals surface area contributed by atoms with Crippen molar-refractivity contribution >= 4 is 17.8 Å². The van der Waals surface area contributed by atoms with Crippen molar-refractivity contribution in [2.75, 3.05) is 32.7 Å². The smallest absolute Gasteiger partial charge is 0.437 e. The number of benzene rings is 1. The second kappa shape index (κ2) is 14.4. The number of rotatable bonds is 10. The first-order chi connectivity index (χ1) is 23.4. The van der Waals surface area contributed by atoms with E-state index in [9.17, 15) is 9.59 Å². The average molecular weight is 668 g/mol. The SMILES string of the molecule is Cc1cc(C)cc(-c2[nH]nc(CC(C)(C)C(=O)C3C4CCN3CC4)c2[C@H](C)CNC(=NC(=O)OC(C)C)N2CCC(c3ccncc3)C2)c1. The van der Waals surface area contributed by atoms with Crippen LogP contribution in [0.2, 0.25) is 0 Å². The maximum atomic E-state index is 14.1. The number of amides is 1. The standard InChI is InChI=1S/C39H53N7O3/c1-24(2)49-38(48)42-37(46-17-12-30(23-46)28-8-13-40-14-9-28)41-22-27(5)33-32(43-44-34(33)31-19-25(3)18-26(4)20-31)21-39(6,7)36(47)35-29-10-15-45(35)16-11-29/h8-9,13-14,18-20,24,27,29-30,35H,10-12,15-17,21-23H2,1-7H3,(H,43,44)(H,41,42,48)/t27-,30?,35?/m1/s1. The largest absolute Gasteiger partial charge is 0.445 e. The number of hydrogen-bond donors (Lipinski definition) is 2. The van der Waals surface area contributed by atoms with Gasteiger partial charge in [-0.1, -0.05) is 38.0 Å². The molecular weight excluding hydrogens is 614 g/mol. The van der Waals surface area contributed by atoms with Gasteiger partial charge in [0.05, 0.1) is 23.5 Å². The van der Waals surface area contributed by atoms with Crippen molar-refractivity contribution in [1.29, 1.82) is 0 Å². The minimum atomic E-state index is -0.602. The molecule has 3 fully saturated rings. The number of ether oxygens (including phenoxy) is 1. The maximum Gasteiger partial charge on any atom is 0.437 e. The molecule has 0 spiro atoms. The lowest BCUT2D eigenvalue weighted by Gasteiger charge is -2.30. The highest BCUT2D eigenvalue weighted by Gasteiger charge is 2.48. The number of guanidine groups is 1. The summed E-state index contributed by atoms with van der Waals surface area (Å²) < 4.78 is 5.44. The van der Waals surface area contributed by atoms with Crippen LogP contribution in [0.1, 0.15) is 93.7 Å². The number of H-pyrrole nitrogens is 1. The van der Waals surface area contributed by atoms with Crippen molar-refractivity contribution < 1.29 is 14.3 Å². The van der Waals surface area contributed by atoms with Crippen LogP contribution in [-0.4, -0.2) is 87.7 Å². The highest BCUT2D eigenvalue weighted by molar-refractivity contribution is 5.91. The van der Waals surface area contributed by atoms with Gasteiger partial charge in [0.25, 0.3) is 0 Å². The van der Waals surface area contributed by atoms with E-state index in [1.807, 2.05) is 26.2 Å². The van der Waals surface area contributed by atoms with Crippen LogP contribution in [0.15, 0.2) is 47.7 Å². The minimum absolute atomic E-state index is 0.0215. The number of aromatic nitrogens is 3. The summed E-state index contributed by atoms with van der Waals surface area (Å²) in [5, 5.41) is 11.9. The Morgan fingerprint density at radius 2 is 1.73 bits per heavy atom. The van der Waals surface area contributed by atoms with E-state index < -0.39 is 11.5 Å². The van der Waals surface area contributed by atoms with Crippen molar-refractivity contribution in [3.8, 4) is 11.3 Å². The Hall–Kier alpha value is -4.05. The van der Waals surface area contributed by atoms with E-state index >= 15 is 0 Å². The molecule has 6 rings (SSSR count). The van der Waals surface area contributed by atoms with Crippen LogP contribution in [0.4, 0.5) is 4.79 Å². The molecule has 3 aromatic rings. The summed E-state index contributed by atoms with van der Waals surface area (Å²) >= 11 is 0. The minimum Gasteiger partial charge on any atom is -0.445 e. The Balaban J connectivity index is 1.27. The molecule has 2 unspecified atom stereocenters. The van der Waals surface area contributed by atoms with Gasteiger partial charge in [0.2, 0.25) is 5.96 Å². The van der Waals surface area contributed by atoms with Crippen LogP contribution in [0.25, 0.3) is 11.3 Å². The van der Waals surface area contributed by atoms with Crippen molar-refractivity contribution in [1.82, 2.24) is 30.3 Å². The summed E-state index contributed by atoms with van der Waals surface area (Å²) in [5.74, 6) is 1.62. The van der Waals surface area contributed by atoms with Crippen LogP contribution < -0.4 is 5.32 Å². The van der Waals surface area contributed by atoms with Crippen LogP contribution in [0, 0.1) is 25.2 Å². The van der Waals surface area contributed by atoms with Gasteiger partial charge in [0.15, 0.2) is 5.78 Å². The molecule has 3 saturated heterocycles. The summed E-state index contributed by atoms with van der Waals surface area (Å²) in [7, 11) is 0. The number of hydrogen-bond acceptors (Lipinski definition) is 6. The fraction of sp³-hybridized carbons (Fsp3) is 0.564. The third-order valence-electron chi connectivity index (χ3n) is 10.6. The van der Waals surface area contributed by atoms with Crippen LogP contribution in [0.5, 0.6) is 0 Å². The molecule has 1 amide bonds. The number of fused-ring (bicyclic) bond motifs is 2. The number of carbonyl (C=O) groups is 2. The van der Waals surface area contributed by atoms with E-state index in [-0.39, 0.29) is 18.1 Å². The molecule has 5 heterocycles. The molecule has 10 heteroatoms. The Kier molecular flexibility index (Phi) is 10.2. The van der Waals surface area contributed by atoms with Gasteiger partial charge in [-0.05, 0) is 95.8 Å². The number of aromatic amines is 1. The normalized spacial score (nSPS) is 22.9. The van der Waals surface area contributed by atoms with Crippen molar-refractivity contribution in [3.63, 3.8) is 0 Å². The first-order valence-corrected chi connectivity index (χ1v) is 18.0. The molecule has 0 aliphatic carbocycles. The van der Waals surface area contributed by atoms with Crippen LogP contribution >= 0.6 is 0 Å². The van der Waals surface area contributed by atoms with Gasteiger partial charge in [0, 0.05) is 66.8 Å². The van der Waals surface area contributed by atoms with Gasteiger partial charge >= 0.3 is 6.09 Å². The lowest BCUT2D eigenvalue weighted by atomic mass is 9.76. The lowest BCUT2D eigenvalue weighted by Crippen LogP contribution is -2.43. The highest BCUT2D eigenvalue weighted by atomic mass is 16.6. The third kappa shape index (κ3) is 7.74. The number of Topliss-reactive ketones (excluding diaryl/α,β-unsaturated/α-hetero) is 1. The van der Waals surface area contributed by atoms with Gasteiger partial charge in [-0.3, -0.25) is 19.8 Å². The second-order valence-corrected chi connectivity index (χ2v) is 15.4. The van der Waals surface area contributed by atoms with Crippen molar-refractivity contribution in [3.05, 3.63) is 70.7 Å². The average Bonchev–Trinajstić information content (AvgIpc) is 3.86. The molecule has 10 nitrogen and oxygen atoms in total.